The summed E-state index contributed by atoms with van der Waals surface area (Å²) in [7, 11) is 3.27. The van der Waals surface area contributed by atoms with Crippen LogP contribution >= 0.6 is 0 Å². The highest BCUT2D eigenvalue weighted by atomic mass is 16.5. The second-order valence-electron chi connectivity index (χ2n) is 9.35. The average molecular weight is 487 g/mol. The molecule has 0 aliphatic carbocycles. The van der Waals surface area contributed by atoms with Crippen molar-refractivity contribution in [2.45, 2.75) is 25.6 Å². The number of benzene rings is 2. The van der Waals surface area contributed by atoms with Gasteiger partial charge in [0.05, 0.1) is 30.1 Å². The lowest BCUT2D eigenvalue weighted by Gasteiger charge is -2.24. The highest BCUT2D eigenvalue weighted by Crippen LogP contribution is 2.36. The summed E-state index contributed by atoms with van der Waals surface area (Å²) < 4.78 is 16.5. The van der Waals surface area contributed by atoms with Gasteiger partial charge in [0.15, 0.2) is 11.5 Å². The smallest absolute Gasteiger partial charge is 0.227 e. The van der Waals surface area contributed by atoms with Gasteiger partial charge in [-0.2, -0.15) is 4.98 Å². The van der Waals surface area contributed by atoms with Crippen LogP contribution in [0.2, 0.25) is 0 Å². The number of anilines is 2. The number of fused-ring (bicyclic) bond motifs is 4. The molecule has 0 spiro atoms. The van der Waals surface area contributed by atoms with Gasteiger partial charge in [-0.05, 0) is 23.6 Å². The summed E-state index contributed by atoms with van der Waals surface area (Å²) in [6.45, 7) is 4.68. The Morgan fingerprint density at radius 1 is 1.00 bits per heavy atom. The minimum atomic E-state index is 0.420. The molecular formula is C27H30N6O3. The van der Waals surface area contributed by atoms with Crippen LogP contribution in [-0.4, -0.2) is 66.4 Å². The van der Waals surface area contributed by atoms with E-state index in [-0.39, 0.29) is 0 Å². The van der Waals surface area contributed by atoms with Crippen LogP contribution < -0.4 is 20.1 Å². The Bertz CT molecular complexity index is 1400. The first kappa shape index (κ1) is 22.8. The highest BCUT2D eigenvalue weighted by molar-refractivity contribution is 6.07. The van der Waals surface area contributed by atoms with Crippen LogP contribution in [0.15, 0.2) is 42.6 Å². The lowest BCUT2D eigenvalue weighted by Crippen LogP contribution is -2.34. The van der Waals surface area contributed by atoms with Crippen LogP contribution in [-0.2, 0) is 17.8 Å². The molecule has 2 aliphatic heterocycles. The fraction of sp³-hybridized carbons (Fsp3) is 0.370. The summed E-state index contributed by atoms with van der Waals surface area (Å²) in [5.74, 6) is 2.32. The maximum atomic E-state index is 6.41. The van der Waals surface area contributed by atoms with Crippen LogP contribution in [0.4, 0.5) is 11.8 Å². The minimum Gasteiger partial charge on any atom is -0.493 e. The third-order valence-corrected chi connectivity index (χ3v) is 7.21. The molecule has 0 amide bonds. The van der Waals surface area contributed by atoms with Crippen LogP contribution in [0.25, 0.3) is 21.8 Å². The maximum absolute atomic E-state index is 6.41. The predicted molar refractivity (Wildman–Crippen MR) is 139 cm³/mol. The molecule has 9 heteroatoms. The van der Waals surface area contributed by atoms with E-state index in [1.807, 2.05) is 12.1 Å². The van der Waals surface area contributed by atoms with Crippen molar-refractivity contribution in [3.05, 3.63) is 53.7 Å². The van der Waals surface area contributed by atoms with E-state index in [9.17, 15) is 0 Å². The van der Waals surface area contributed by atoms with E-state index in [0.29, 0.717) is 42.5 Å². The fourth-order valence-corrected chi connectivity index (χ4v) is 5.27. The van der Waals surface area contributed by atoms with Crippen molar-refractivity contribution in [3.63, 3.8) is 0 Å². The molecule has 1 unspecified atom stereocenters. The van der Waals surface area contributed by atoms with E-state index in [4.69, 9.17) is 24.9 Å². The molecule has 9 nitrogen and oxygen atoms in total. The maximum Gasteiger partial charge on any atom is 0.227 e. The monoisotopic (exact) mass is 486 g/mol. The number of hydrogen-bond acceptors (Lipinski definition) is 9. The molecule has 6 rings (SSSR count). The number of pyridine rings is 1. The molecule has 2 N–H and O–H groups in total. The summed E-state index contributed by atoms with van der Waals surface area (Å²) in [5, 5.41) is 1.58. The Balaban J connectivity index is 1.30. The normalized spacial score (nSPS) is 17.7. The molecule has 0 bridgehead atoms. The van der Waals surface area contributed by atoms with E-state index >= 15 is 0 Å². The Morgan fingerprint density at radius 2 is 1.81 bits per heavy atom. The Morgan fingerprint density at radius 3 is 2.56 bits per heavy atom. The zero-order valence-corrected chi connectivity index (χ0v) is 20.6. The lowest BCUT2D eigenvalue weighted by molar-refractivity contribution is 0.144. The zero-order valence-electron chi connectivity index (χ0n) is 20.6. The first-order chi connectivity index (χ1) is 17.6. The van der Waals surface area contributed by atoms with Crippen LogP contribution in [0, 0.1) is 0 Å². The molecule has 0 radical (unpaired) electrons. The topological polar surface area (TPSA) is 98.9 Å². The second kappa shape index (κ2) is 9.40. The van der Waals surface area contributed by atoms with Crippen molar-refractivity contribution >= 4 is 33.6 Å². The SMILES string of the molecule is COCCOc1cc2ncc3c(N)nc(N4CCC(N5Cc6ccccc6C5)C4)nc3c2cc1OC. The largest absolute Gasteiger partial charge is 0.493 e. The third kappa shape index (κ3) is 4.04. The Kier molecular flexibility index (Phi) is 5.94. The van der Waals surface area contributed by atoms with Crippen molar-refractivity contribution in [1.29, 1.82) is 0 Å². The Hall–Kier alpha value is -3.69. The molecule has 0 saturated carbocycles. The Labute approximate surface area is 209 Å². The van der Waals surface area contributed by atoms with Crippen LogP contribution in [0.5, 0.6) is 11.5 Å². The van der Waals surface area contributed by atoms with E-state index < -0.39 is 0 Å². The van der Waals surface area contributed by atoms with E-state index in [0.717, 1.165) is 54.4 Å². The minimum absolute atomic E-state index is 0.420. The second-order valence-corrected chi connectivity index (χ2v) is 9.35. The van der Waals surface area contributed by atoms with Gasteiger partial charge in [0.25, 0.3) is 0 Å². The molecule has 36 heavy (non-hydrogen) atoms. The van der Waals surface area contributed by atoms with Crippen LogP contribution in [0.1, 0.15) is 17.5 Å². The summed E-state index contributed by atoms with van der Waals surface area (Å²) in [6.07, 6.45) is 2.80. The van der Waals surface area contributed by atoms with Gasteiger partial charge < -0.3 is 24.8 Å². The lowest BCUT2D eigenvalue weighted by atomic mass is 10.1. The molecule has 2 aromatic carbocycles. The number of ether oxygens (including phenoxy) is 3. The van der Waals surface area contributed by atoms with Gasteiger partial charge >= 0.3 is 0 Å². The van der Waals surface area contributed by atoms with Gasteiger partial charge in [-0.25, -0.2) is 4.98 Å². The quantitative estimate of drug-likeness (QED) is 0.311. The number of methoxy groups -OCH3 is 2. The van der Waals surface area contributed by atoms with Crippen molar-refractivity contribution in [2.75, 3.05) is 51.2 Å². The third-order valence-electron chi connectivity index (χ3n) is 7.21. The standard InChI is InChI=1S/C27H30N6O3/c1-34-9-10-36-24-12-22-20(11-23(24)35-2)25-21(13-29-22)26(28)31-27(30-25)32-8-7-19(16-32)33-14-17-5-3-4-6-18(17)15-33/h3-6,11-13,19H,7-10,14-16H2,1-2H3,(H2,28,30,31). The molecule has 1 saturated heterocycles. The molecule has 2 aliphatic rings. The molecule has 1 atom stereocenters. The molecule has 1 fully saturated rings. The highest BCUT2D eigenvalue weighted by Gasteiger charge is 2.32. The van der Waals surface area contributed by atoms with Gasteiger partial charge in [-0.3, -0.25) is 9.88 Å². The zero-order chi connectivity index (χ0) is 24.6. The van der Waals surface area contributed by atoms with Crippen LogP contribution in [0.3, 0.4) is 0 Å². The molecule has 186 valence electrons. The number of nitrogen functional groups attached to an aromatic ring is 1. The number of aromatic nitrogens is 3. The fourth-order valence-electron chi connectivity index (χ4n) is 5.27. The number of nitrogens with zero attached hydrogens (tertiary/aromatic N) is 5. The first-order valence-electron chi connectivity index (χ1n) is 12.3. The van der Waals surface area contributed by atoms with Gasteiger partial charge in [-0.1, -0.05) is 24.3 Å². The summed E-state index contributed by atoms with van der Waals surface area (Å²) in [6, 6.07) is 13.0. The van der Waals surface area contributed by atoms with Gasteiger partial charge in [0.1, 0.15) is 12.4 Å². The van der Waals surface area contributed by atoms with Crippen molar-refractivity contribution < 1.29 is 14.2 Å². The van der Waals surface area contributed by atoms with E-state index in [1.54, 1.807) is 20.4 Å². The van der Waals surface area contributed by atoms with E-state index in [2.05, 4.69) is 44.0 Å². The average Bonchev–Trinajstić information content (AvgIpc) is 3.56. The summed E-state index contributed by atoms with van der Waals surface area (Å²) in [4.78, 5) is 19.1. The van der Waals surface area contributed by atoms with E-state index in [1.165, 1.54) is 11.1 Å². The molecule has 4 aromatic rings. The molecule has 2 aromatic heterocycles. The summed E-state index contributed by atoms with van der Waals surface area (Å²) in [5.41, 5.74) is 10.8. The number of hydrogen-bond donors (Lipinski definition) is 1. The molecular weight excluding hydrogens is 456 g/mol. The van der Waals surface area contributed by atoms with Gasteiger partial charge in [0, 0.05) is 57.0 Å². The van der Waals surface area contributed by atoms with Crippen molar-refractivity contribution in [3.8, 4) is 11.5 Å². The van der Waals surface area contributed by atoms with Crippen molar-refractivity contribution in [2.24, 2.45) is 0 Å². The first-order valence-corrected chi connectivity index (χ1v) is 12.3. The van der Waals surface area contributed by atoms with Gasteiger partial charge in [0.2, 0.25) is 5.95 Å². The molecule has 4 heterocycles. The number of rotatable bonds is 7. The summed E-state index contributed by atoms with van der Waals surface area (Å²) >= 11 is 0. The number of nitrogens with two attached hydrogens (primary N) is 1. The predicted octanol–water partition coefficient (Wildman–Crippen LogP) is 3.39. The van der Waals surface area contributed by atoms with Gasteiger partial charge in [-0.15, -0.1) is 0 Å². The van der Waals surface area contributed by atoms with Crippen molar-refractivity contribution in [1.82, 2.24) is 19.9 Å².